The Morgan fingerprint density at radius 3 is 2.61 bits per heavy atom. The molecule has 18 heavy (non-hydrogen) atoms. The van der Waals surface area contributed by atoms with Crippen molar-refractivity contribution in [1.82, 2.24) is 4.90 Å². The number of nitrogens with zero attached hydrogens (tertiary/aromatic N) is 1. The molecule has 0 bridgehead atoms. The van der Waals surface area contributed by atoms with Crippen molar-refractivity contribution in [3.63, 3.8) is 0 Å². The highest BCUT2D eigenvalue weighted by molar-refractivity contribution is 7.80. The largest absolute Gasteiger partial charge is 0.389 e. The number of nitrogens with two attached hydrogens (primary N) is 1. The van der Waals surface area contributed by atoms with Crippen LogP contribution in [0.2, 0.25) is 0 Å². The van der Waals surface area contributed by atoms with E-state index in [-0.39, 0.29) is 5.91 Å². The average molecular weight is 265 g/mol. The van der Waals surface area contributed by atoms with Crippen LogP contribution in [0.3, 0.4) is 0 Å². The van der Waals surface area contributed by atoms with Gasteiger partial charge in [-0.25, -0.2) is 0 Å². The van der Waals surface area contributed by atoms with Crippen LogP contribution < -0.4 is 11.1 Å². The first kappa shape index (κ1) is 14.4. The van der Waals surface area contributed by atoms with E-state index in [4.69, 9.17) is 18.0 Å². The molecule has 0 fully saturated rings. The van der Waals surface area contributed by atoms with Gasteiger partial charge >= 0.3 is 0 Å². The molecule has 5 heteroatoms. The summed E-state index contributed by atoms with van der Waals surface area (Å²) in [5, 5.41) is 3.21. The Morgan fingerprint density at radius 2 is 2.11 bits per heavy atom. The number of anilines is 1. The summed E-state index contributed by atoms with van der Waals surface area (Å²) >= 11 is 4.95. The molecule has 1 amide bonds. The molecule has 98 valence electrons. The fourth-order valence-electron chi connectivity index (χ4n) is 1.59. The van der Waals surface area contributed by atoms with Gasteiger partial charge in [0.05, 0.1) is 0 Å². The predicted molar refractivity (Wildman–Crippen MR) is 78.9 cm³/mol. The van der Waals surface area contributed by atoms with Crippen molar-refractivity contribution in [3.05, 3.63) is 29.3 Å². The van der Waals surface area contributed by atoms with Gasteiger partial charge in [-0.3, -0.25) is 4.79 Å². The number of carbonyl (C=O) groups is 1. The number of thiocarbonyl (C=S) groups is 1. The van der Waals surface area contributed by atoms with Gasteiger partial charge in [-0.15, -0.1) is 0 Å². The van der Waals surface area contributed by atoms with Crippen LogP contribution in [0.15, 0.2) is 18.2 Å². The van der Waals surface area contributed by atoms with Gasteiger partial charge in [0, 0.05) is 38.3 Å². The van der Waals surface area contributed by atoms with E-state index < -0.39 is 0 Å². The fraction of sp³-hybridized carbons (Fsp3) is 0.385. The summed E-state index contributed by atoms with van der Waals surface area (Å²) in [5.41, 5.74) is 8.49. The van der Waals surface area contributed by atoms with Gasteiger partial charge in [0.15, 0.2) is 0 Å². The number of benzene rings is 1. The third-order valence-electron chi connectivity index (χ3n) is 2.66. The first-order valence-electron chi connectivity index (χ1n) is 5.76. The zero-order valence-electron chi connectivity index (χ0n) is 11.0. The van der Waals surface area contributed by atoms with Crippen molar-refractivity contribution < 1.29 is 4.79 Å². The van der Waals surface area contributed by atoms with Gasteiger partial charge in [-0.05, 0) is 30.7 Å². The van der Waals surface area contributed by atoms with E-state index in [9.17, 15) is 4.79 Å². The van der Waals surface area contributed by atoms with Crippen LogP contribution in [0.1, 0.15) is 17.5 Å². The monoisotopic (exact) mass is 265 g/mol. The molecule has 0 aliphatic carbocycles. The van der Waals surface area contributed by atoms with Crippen LogP contribution in [0, 0.1) is 6.92 Å². The minimum Gasteiger partial charge on any atom is -0.389 e. The summed E-state index contributed by atoms with van der Waals surface area (Å²) in [6, 6.07) is 5.80. The summed E-state index contributed by atoms with van der Waals surface area (Å²) in [4.78, 5) is 13.4. The van der Waals surface area contributed by atoms with Gasteiger partial charge in [0.2, 0.25) is 5.91 Å². The Kier molecular flexibility index (Phi) is 5.09. The second-order valence-corrected chi connectivity index (χ2v) is 4.80. The van der Waals surface area contributed by atoms with Crippen molar-refractivity contribution in [3.8, 4) is 0 Å². The molecule has 0 heterocycles. The number of hydrogen-bond donors (Lipinski definition) is 2. The Morgan fingerprint density at radius 1 is 1.44 bits per heavy atom. The lowest BCUT2D eigenvalue weighted by Crippen LogP contribution is -2.23. The van der Waals surface area contributed by atoms with Crippen molar-refractivity contribution in [2.75, 3.05) is 26.0 Å². The molecule has 0 unspecified atom stereocenters. The molecular weight excluding hydrogens is 246 g/mol. The molecule has 0 aliphatic rings. The third-order valence-corrected chi connectivity index (χ3v) is 2.88. The van der Waals surface area contributed by atoms with Crippen molar-refractivity contribution >= 4 is 28.8 Å². The van der Waals surface area contributed by atoms with Crippen molar-refractivity contribution in [1.29, 1.82) is 0 Å². The van der Waals surface area contributed by atoms with Crippen LogP contribution >= 0.6 is 12.2 Å². The van der Waals surface area contributed by atoms with Gasteiger partial charge in [0.25, 0.3) is 0 Å². The standard InChI is InChI=1S/C13H19N3OS/c1-9-8-10(4-5-11(9)13(14)18)15-7-6-12(17)16(2)3/h4-5,8,15H,6-7H2,1-3H3,(H2,14,18). The number of rotatable bonds is 5. The van der Waals surface area contributed by atoms with E-state index in [1.807, 2.05) is 25.1 Å². The highest BCUT2D eigenvalue weighted by Gasteiger charge is 2.04. The molecule has 0 aliphatic heterocycles. The van der Waals surface area contributed by atoms with Crippen molar-refractivity contribution in [2.45, 2.75) is 13.3 Å². The molecule has 3 N–H and O–H groups in total. The normalized spacial score (nSPS) is 9.94. The highest BCUT2D eigenvalue weighted by atomic mass is 32.1. The van der Waals surface area contributed by atoms with Gasteiger partial charge in [0.1, 0.15) is 4.99 Å². The van der Waals surface area contributed by atoms with Gasteiger partial charge in [-0.2, -0.15) is 0 Å². The first-order valence-corrected chi connectivity index (χ1v) is 6.17. The van der Waals surface area contributed by atoms with Crippen LogP contribution in [-0.4, -0.2) is 36.4 Å². The molecule has 1 aromatic carbocycles. The molecular formula is C13H19N3OS. The molecule has 0 saturated heterocycles. The smallest absolute Gasteiger partial charge is 0.223 e. The maximum Gasteiger partial charge on any atom is 0.223 e. The Bertz CT molecular complexity index is 458. The molecule has 4 nitrogen and oxygen atoms in total. The predicted octanol–water partition coefficient (Wildman–Crippen LogP) is 1.52. The molecule has 0 saturated carbocycles. The summed E-state index contributed by atoms with van der Waals surface area (Å²) in [5.74, 6) is 0.110. The number of amides is 1. The van der Waals surface area contributed by atoms with E-state index in [1.165, 1.54) is 0 Å². The van der Waals surface area contributed by atoms with E-state index in [0.717, 1.165) is 16.8 Å². The minimum absolute atomic E-state index is 0.110. The van der Waals surface area contributed by atoms with Crippen LogP contribution in [0.4, 0.5) is 5.69 Å². The first-order chi connectivity index (χ1) is 8.41. The second-order valence-electron chi connectivity index (χ2n) is 4.36. The van der Waals surface area contributed by atoms with E-state index in [2.05, 4.69) is 5.32 Å². The number of nitrogens with one attached hydrogen (secondary N) is 1. The second kappa shape index (κ2) is 6.35. The molecule has 0 radical (unpaired) electrons. The van der Waals surface area contributed by atoms with Crippen LogP contribution in [-0.2, 0) is 4.79 Å². The Hall–Kier alpha value is -1.62. The van der Waals surface area contributed by atoms with E-state index >= 15 is 0 Å². The fourth-order valence-corrected chi connectivity index (χ4v) is 1.82. The lowest BCUT2D eigenvalue weighted by Gasteiger charge is -2.12. The molecule has 0 spiro atoms. The lowest BCUT2D eigenvalue weighted by molar-refractivity contribution is -0.128. The maximum atomic E-state index is 11.4. The number of hydrogen-bond acceptors (Lipinski definition) is 3. The summed E-state index contributed by atoms with van der Waals surface area (Å²) in [7, 11) is 3.51. The van der Waals surface area contributed by atoms with Crippen LogP contribution in [0.25, 0.3) is 0 Å². The van der Waals surface area contributed by atoms with Crippen LogP contribution in [0.5, 0.6) is 0 Å². The number of carbonyl (C=O) groups excluding carboxylic acids is 1. The lowest BCUT2D eigenvalue weighted by atomic mass is 10.1. The third kappa shape index (κ3) is 4.00. The van der Waals surface area contributed by atoms with Gasteiger partial charge < -0.3 is 16.0 Å². The quantitative estimate of drug-likeness (QED) is 0.793. The minimum atomic E-state index is 0.110. The van der Waals surface area contributed by atoms with Crippen molar-refractivity contribution in [2.24, 2.45) is 5.73 Å². The zero-order valence-corrected chi connectivity index (χ0v) is 11.8. The zero-order chi connectivity index (χ0) is 13.7. The summed E-state index contributed by atoms with van der Waals surface area (Å²) in [6.07, 6.45) is 0.475. The Labute approximate surface area is 113 Å². The number of aryl methyl sites for hydroxylation is 1. The highest BCUT2D eigenvalue weighted by Crippen LogP contribution is 2.15. The average Bonchev–Trinajstić information content (AvgIpc) is 2.28. The Balaban J connectivity index is 2.57. The molecule has 0 aromatic heterocycles. The van der Waals surface area contributed by atoms with E-state index in [0.29, 0.717) is 18.0 Å². The van der Waals surface area contributed by atoms with E-state index in [1.54, 1.807) is 19.0 Å². The molecule has 1 rings (SSSR count). The molecule has 1 aromatic rings. The summed E-state index contributed by atoms with van der Waals surface area (Å²) < 4.78 is 0. The van der Waals surface area contributed by atoms with Gasteiger partial charge in [-0.1, -0.05) is 12.2 Å². The SMILES string of the molecule is Cc1cc(NCCC(=O)N(C)C)ccc1C(N)=S. The maximum absolute atomic E-state index is 11.4. The summed E-state index contributed by atoms with van der Waals surface area (Å²) in [6.45, 7) is 2.58. The molecule has 0 atom stereocenters. The topological polar surface area (TPSA) is 58.4 Å².